The molecule has 1 unspecified atom stereocenters. The molecule has 1 saturated heterocycles. The molecule has 1 aliphatic heterocycles. The van der Waals surface area contributed by atoms with Gasteiger partial charge in [-0.2, -0.15) is 0 Å². The van der Waals surface area contributed by atoms with Crippen LogP contribution in [0.4, 0.5) is 5.69 Å². The molecule has 0 spiro atoms. The van der Waals surface area contributed by atoms with Crippen molar-refractivity contribution in [2.45, 2.75) is 25.9 Å². The zero-order chi connectivity index (χ0) is 14.0. The summed E-state index contributed by atoms with van der Waals surface area (Å²) < 4.78 is 31.6. The minimum atomic E-state index is -3.57. The van der Waals surface area contributed by atoms with Crippen LogP contribution in [0.25, 0.3) is 0 Å². The number of sulfonamides is 1. The summed E-state index contributed by atoms with van der Waals surface area (Å²) in [7, 11) is -3.57. The van der Waals surface area contributed by atoms with Gasteiger partial charge in [-0.05, 0) is 37.5 Å². The molecule has 2 rings (SSSR count). The summed E-state index contributed by atoms with van der Waals surface area (Å²) in [6, 6.07) is 2.95. The summed E-state index contributed by atoms with van der Waals surface area (Å²) in [6.45, 7) is 2.25. The number of anilines is 1. The van der Waals surface area contributed by atoms with Gasteiger partial charge < -0.3 is 9.84 Å². The summed E-state index contributed by atoms with van der Waals surface area (Å²) >= 11 is 5.85. The Morgan fingerprint density at radius 2 is 2.26 bits per heavy atom. The molecule has 0 aromatic heterocycles. The van der Waals surface area contributed by atoms with Gasteiger partial charge in [-0.3, -0.25) is 4.72 Å². The fourth-order valence-corrected chi connectivity index (χ4v) is 3.64. The van der Waals surface area contributed by atoms with E-state index in [1.807, 2.05) is 0 Å². The van der Waals surface area contributed by atoms with E-state index < -0.39 is 10.0 Å². The summed E-state index contributed by atoms with van der Waals surface area (Å²) in [5.41, 5.74) is 0.616. The number of benzene rings is 1. The lowest BCUT2D eigenvalue weighted by Crippen LogP contribution is -2.25. The summed E-state index contributed by atoms with van der Waals surface area (Å²) in [5, 5.41) is 10.2. The highest BCUT2D eigenvalue weighted by Gasteiger charge is 2.24. The van der Waals surface area contributed by atoms with Crippen LogP contribution in [0.5, 0.6) is 5.75 Å². The van der Waals surface area contributed by atoms with Gasteiger partial charge in [0.25, 0.3) is 0 Å². The Morgan fingerprint density at radius 3 is 2.89 bits per heavy atom. The Labute approximate surface area is 117 Å². The van der Waals surface area contributed by atoms with Gasteiger partial charge in [-0.25, -0.2) is 8.42 Å². The van der Waals surface area contributed by atoms with E-state index >= 15 is 0 Å². The third-order valence-corrected chi connectivity index (χ3v) is 4.52. The lowest BCUT2D eigenvalue weighted by molar-refractivity contribution is 0.127. The fraction of sp³-hybridized carbons (Fsp3) is 0.500. The van der Waals surface area contributed by atoms with Crippen LogP contribution in [0.1, 0.15) is 18.4 Å². The molecule has 2 N–H and O–H groups in total. The van der Waals surface area contributed by atoms with Crippen LogP contribution in [-0.4, -0.2) is 32.0 Å². The van der Waals surface area contributed by atoms with Crippen molar-refractivity contribution in [3.8, 4) is 5.75 Å². The number of nitrogens with one attached hydrogen (secondary N) is 1. The summed E-state index contributed by atoms with van der Waals surface area (Å²) in [5.74, 6) is -0.224. The first kappa shape index (κ1) is 14.4. The molecule has 7 heteroatoms. The monoisotopic (exact) mass is 305 g/mol. The molecule has 1 aliphatic rings. The molecule has 0 bridgehead atoms. The number of phenols is 1. The van der Waals surface area contributed by atoms with E-state index in [4.69, 9.17) is 16.3 Å². The van der Waals surface area contributed by atoms with Crippen LogP contribution in [0.3, 0.4) is 0 Å². The third-order valence-electron chi connectivity index (χ3n) is 2.96. The second-order valence-corrected chi connectivity index (χ2v) is 6.84. The third kappa shape index (κ3) is 3.75. The minimum absolute atomic E-state index is 0.1000. The number of halogens is 1. The van der Waals surface area contributed by atoms with E-state index in [2.05, 4.69) is 4.72 Å². The second-order valence-electron chi connectivity index (χ2n) is 4.64. The van der Waals surface area contributed by atoms with Crippen LogP contribution >= 0.6 is 11.6 Å². The first-order valence-corrected chi connectivity index (χ1v) is 8.01. The van der Waals surface area contributed by atoms with Crippen LogP contribution < -0.4 is 4.72 Å². The van der Waals surface area contributed by atoms with Crippen molar-refractivity contribution in [1.82, 2.24) is 0 Å². The predicted molar refractivity (Wildman–Crippen MR) is 74.2 cm³/mol. The predicted octanol–water partition coefficient (Wildman–Crippen LogP) is 2.27. The van der Waals surface area contributed by atoms with Gasteiger partial charge in [0, 0.05) is 11.6 Å². The van der Waals surface area contributed by atoms with E-state index in [9.17, 15) is 13.5 Å². The molecule has 106 valence electrons. The number of hydrogen-bond acceptors (Lipinski definition) is 4. The number of aromatic hydroxyl groups is 1. The maximum atomic E-state index is 12.0. The topological polar surface area (TPSA) is 75.6 Å². The van der Waals surface area contributed by atoms with Crippen LogP contribution in [-0.2, 0) is 14.8 Å². The molecule has 1 aromatic carbocycles. The van der Waals surface area contributed by atoms with Crippen molar-refractivity contribution in [2.24, 2.45) is 0 Å². The van der Waals surface area contributed by atoms with Crippen molar-refractivity contribution in [2.75, 3.05) is 17.1 Å². The van der Waals surface area contributed by atoms with Crippen molar-refractivity contribution >= 4 is 27.3 Å². The summed E-state index contributed by atoms with van der Waals surface area (Å²) in [4.78, 5) is 0. The van der Waals surface area contributed by atoms with Gasteiger partial charge in [0.2, 0.25) is 10.0 Å². The quantitative estimate of drug-likeness (QED) is 0.837. The molecule has 1 heterocycles. The molecule has 1 fully saturated rings. The first-order valence-electron chi connectivity index (χ1n) is 5.98. The number of ether oxygens (including phenoxy) is 1. The van der Waals surface area contributed by atoms with E-state index in [0.29, 0.717) is 17.2 Å². The van der Waals surface area contributed by atoms with Gasteiger partial charge in [0.15, 0.2) is 0 Å². The van der Waals surface area contributed by atoms with Crippen molar-refractivity contribution in [3.63, 3.8) is 0 Å². The Balaban J connectivity index is 2.15. The Kier molecular flexibility index (Phi) is 4.23. The molecule has 5 nitrogen and oxygen atoms in total. The highest BCUT2D eigenvalue weighted by Crippen LogP contribution is 2.31. The SMILES string of the molecule is Cc1cc(Cl)cc(NS(=O)(=O)CC2CCCO2)c1O. The lowest BCUT2D eigenvalue weighted by atomic mass is 10.2. The second kappa shape index (κ2) is 5.56. The van der Waals surface area contributed by atoms with Gasteiger partial charge in [-0.1, -0.05) is 11.6 Å². The Bertz CT molecular complexity index is 567. The van der Waals surface area contributed by atoms with Gasteiger partial charge in [0.1, 0.15) is 5.75 Å². The Hall–Kier alpha value is -0.980. The first-order chi connectivity index (χ1) is 8.87. The zero-order valence-electron chi connectivity index (χ0n) is 10.5. The average molecular weight is 306 g/mol. The molecule has 0 saturated carbocycles. The van der Waals surface area contributed by atoms with Crippen LogP contribution in [0.15, 0.2) is 12.1 Å². The largest absolute Gasteiger partial charge is 0.505 e. The molecule has 1 aromatic rings. The smallest absolute Gasteiger partial charge is 0.235 e. The van der Waals surface area contributed by atoms with Gasteiger partial charge in [0.05, 0.1) is 17.5 Å². The number of aryl methyl sites for hydroxylation is 1. The van der Waals surface area contributed by atoms with E-state index in [0.717, 1.165) is 12.8 Å². The van der Waals surface area contributed by atoms with Crippen LogP contribution in [0.2, 0.25) is 5.02 Å². The van der Waals surface area contributed by atoms with Gasteiger partial charge in [-0.15, -0.1) is 0 Å². The van der Waals surface area contributed by atoms with Crippen LogP contribution in [0, 0.1) is 6.92 Å². The zero-order valence-corrected chi connectivity index (χ0v) is 12.1. The number of rotatable bonds is 4. The van der Waals surface area contributed by atoms with Gasteiger partial charge >= 0.3 is 0 Å². The molecular weight excluding hydrogens is 290 g/mol. The molecule has 19 heavy (non-hydrogen) atoms. The molecule has 0 radical (unpaired) electrons. The maximum absolute atomic E-state index is 12.0. The fourth-order valence-electron chi connectivity index (χ4n) is 2.04. The minimum Gasteiger partial charge on any atom is -0.505 e. The highest BCUT2D eigenvalue weighted by atomic mass is 35.5. The van der Waals surface area contributed by atoms with E-state index in [-0.39, 0.29) is 23.3 Å². The number of phenolic OH excluding ortho intramolecular Hbond substituents is 1. The van der Waals surface area contributed by atoms with Crippen molar-refractivity contribution in [3.05, 3.63) is 22.7 Å². The molecule has 0 aliphatic carbocycles. The maximum Gasteiger partial charge on any atom is 0.235 e. The van der Waals surface area contributed by atoms with Crippen molar-refractivity contribution < 1.29 is 18.3 Å². The molecular formula is C12H16ClNO4S. The molecule has 1 atom stereocenters. The normalized spacial score (nSPS) is 19.6. The van der Waals surface area contributed by atoms with Crippen molar-refractivity contribution in [1.29, 1.82) is 0 Å². The average Bonchev–Trinajstić information content (AvgIpc) is 2.76. The number of hydrogen-bond donors (Lipinski definition) is 2. The summed E-state index contributed by atoms with van der Waals surface area (Å²) in [6.07, 6.45) is 1.34. The molecule has 0 amide bonds. The highest BCUT2D eigenvalue weighted by molar-refractivity contribution is 7.92. The van der Waals surface area contributed by atoms with E-state index in [1.54, 1.807) is 13.0 Å². The van der Waals surface area contributed by atoms with E-state index in [1.165, 1.54) is 6.07 Å². The standard InChI is InChI=1S/C12H16ClNO4S/c1-8-5-9(13)6-11(12(8)15)14-19(16,17)7-10-3-2-4-18-10/h5-6,10,14-15H,2-4,7H2,1H3. The Morgan fingerprint density at radius 1 is 1.53 bits per heavy atom. The lowest BCUT2D eigenvalue weighted by Gasteiger charge is -2.14.